The van der Waals surface area contributed by atoms with Crippen LogP contribution in [-0.4, -0.2) is 14.6 Å². The molecule has 3 rings (SSSR count). The van der Waals surface area contributed by atoms with Gasteiger partial charge in [0.15, 0.2) is 0 Å². The van der Waals surface area contributed by atoms with E-state index in [1.165, 1.54) is 5.56 Å². The second-order valence-electron chi connectivity index (χ2n) is 4.34. The van der Waals surface area contributed by atoms with Crippen LogP contribution in [0.25, 0.3) is 5.52 Å². The van der Waals surface area contributed by atoms with E-state index in [2.05, 4.69) is 29.1 Å². The van der Waals surface area contributed by atoms with Crippen molar-refractivity contribution in [3.05, 3.63) is 65.7 Å². The SMILES string of the molecule is Cc1ccccc1C(N)c1cnn2ccncc12. The van der Waals surface area contributed by atoms with Gasteiger partial charge in [0.1, 0.15) is 0 Å². The predicted octanol–water partition coefficient (Wildman–Crippen LogP) is 2.09. The van der Waals surface area contributed by atoms with Gasteiger partial charge in [0.05, 0.1) is 24.0 Å². The summed E-state index contributed by atoms with van der Waals surface area (Å²) in [6.45, 7) is 2.07. The topological polar surface area (TPSA) is 56.2 Å². The molecule has 0 fully saturated rings. The van der Waals surface area contributed by atoms with E-state index in [-0.39, 0.29) is 6.04 Å². The number of hydrogen-bond acceptors (Lipinski definition) is 3. The summed E-state index contributed by atoms with van der Waals surface area (Å²) in [5, 5.41) is 4.29. The Morgan fingerprint density at radius 1 is 1.17 bits per heavy atom. The molecule has 0 saturated heterocycles. The summed E-state index contributed by atoms with van der Waals surface area (Å²) in [5.41, 5.74) is 10.6. The Balaban J connectivity index is 2.13. The summed E-state index contributed by atoms with van der Waals surface area (Å²) in [5.74, 6) is 0. The zero-order valence-corrected chi connectivity index (χ0v) is 10.1. The average Bonchev–Trinajstić information content (AvgIpc) is 2.82. The molecule has 3 aromatic rings. The Morgan fingerprint density at radius 2 is 2.00 bits per heavy atom. The number of nitrogens with zero attached hydrogens (tertiary/aromatic N) is 3. The van der Waals surface area contributed by atoms with Gasteiger partial charge in [-0.25, -0.2) is 4.52 Å². The summed E-state index contributed by atoms with van der Waals surface area (Å²) < 4.78 is 1.79. The molecule has 0 aliphatic carbocycles. The van der Waals surface area contributed by atoms with Crippen LogP contribution in [0, 0.1) is 6.92 Å². The van der Waals surface area contributed by atoms with Crippen molar-refractivity contribution >= 4 is 5.52 Å². The van der Waals surface area contributed by atoms with E-state index in [0.29, 0.717) is 0 Å². The van der Waals surface area contributed by atoms with E-state index in [0.717, 1.165) is 16.6 Å². The third kappa shape index (κ3) is 1.67. The number of hydrogen-bond donors (Lipinski definition) is 1. The first-order valence-corrected chi connectivity index (χ1v) is 5.86. The molecule has 1 unspecified atom stereocenters. The molecule has 2 heterocycles. The van der Waals surface area contributed by atoms with Gasteiger partial charge in [-0.2, -0.15) is 5.10 Å². The zero-order chi connectivity index (χ0) is 12.5. The number of rotatable bonds is 2. The second kappa shape index (κ2) is 4.23. The minimum absolute atomic E-state index is 0.173. The van der Waals surface area contributed by atoms with Crippen LogP contribution >= 0.6 is 0 Å². The van der Waals surface area contributed by atoms with Crippen LogP contribution in [0.2, 0.25) is 0 Å². The third-order valence-corrected chi connectivity index (χ3v) is 3.21. The maximum Gasteiger partial charge on any atom is 0.0896 e. The van der Waals surface area contributed by atoms with Gasteiger partial charge in [-0.3, -0.25) is 4.98 Å². The van der Waals surface area contributed by atoms with Crippen LogP contribution in [0.3, 0.4) is 0 Å². The highest BCUT2D eigenvalue weighted by Gasteiger charge is 2.15. The van der Waals surface area contributed by atoms with Crippen molar-refractivity contribution in [2.45, 2.75) is 13.0 Å². The Kier molecular flexibility index (Phi) is 2.57. The third-order valence-electron chi connectivity index (χ3n) is 3.21. The lowest BCUT2D eigenvalue weighted by molar-refractivity contribution is 0.869. The molecule has 0 bridgehead atoms. The Morgan fingerprint density at radius 3 is 2.83 bits per heavy atom. The van der Waals surface area contributed by atoms with Crippen LogP contribution in [0.4, 0.5) is 0 Å². The first-order chi connectivity index (χ1) is 8.77. The standard InChI is InChI=1S/C14H14N4/c1-10-4-2-3-5-11(10)14(15)12-8-17-18-7-6-16-9-13(12)18/h2-9,14H,15H2,1H3. The maximum atomic E-state index is 6.35. The molecule has 0 spiro atoms. The van der Waals surface area contributed by atoms with Crippen LogP contribution in [0.15, 0.2) is 49.1 Å². The number of nitrogens with two attached hydrogens (primary N) is 1. The second-order valence-corrected chi connectivity index (χ2v) is 4.34. The first-order valence-electron chi connectivity index (χ1n) is 5.86. The summed E-state index contributed by atoms with van der Waals surface area (Å²) in [4.78, 5) is 4.13. The minimum atomic E-state index is -0.173. The molecule has 18 heavy (non-hydrogen) atoms. The van der Waals surface area contributed by atoms with Crippen LogP contribution in [-0.2, 0) is 0 Å². The molecule has 4 heteroatoms. The van der Waals surface area contributed by atoms with Crippen LogP contribution in [0.5, 0.6) is 0 Å². The van der Waals surface area contributed by atoms with E-state index in [4.69, 9.17) is 5.73 Å². The van der Waals surface area contributed by atoms with E-state index in [9.17, 15) is 0 Å². The van der Waals surface area contributed by atoms with Gasteiger partial charge in [-0.15, -0.1) is 0 Å². The molecular weight excluding hydrogens is 224 g/mol. The highest BCUT2D eigenvalue weighted by Crippen LogP contribution is 2.25. The molecule has 4 nitrogen and oxygen atoms in total. The average molecular weight is 238 g/mol. The van der Waals surface area contributed by atoms with Gasteiger partial charge >= 0.3 is 0 Å². The molecule has 0 saturated carbocycles. The molecule has 1 atom stereocenters. The zero-order valence-electron chi connectivity index (χ0n) is 10.1. The normalized spacial score (nSPS) is 12.8. The molecule has 0 aliphatic rings. The van der Waals surface area contributed by atoms with Crippen molar-refractivity contribution in [3.8, 4) is 0 Å². The van der Waals surface area contributed by atoms with Gasteiger partial charge in [0.25, 0.3) is 0 Å². The van der Waals surface area contributed by atoms with E-state index in [1.807, 2.05) is 24.5 Å². The highest BCUT2D eigenvalue weighted by atomic mass is 15.2. The number of fused-ring (bicyclic) bond motifs is 1. The predicted molar refractivity (Wildman–Crippen MR) is 70.2 cm³/mol. The van der Waals surface area contributed by atoms with E-state index >= 15 is 0 Å². The number of aryl methyl sites for hydroxylation is 1. The molecule has 2 aromatic heterocycles. The maximum absolute atomic E-state index is 6.35. The largest absolute Gasteiger partial charge is 0.320 e. The minimum Gasteiger partial charge on any atom is -0.320 e. The summed E-state index contributed by atoms with van der Waals surface area (Å²) >= 11 is 0. The lowest BCUT2D eigenvalue weighted by Gasteiger charge is -2.13. The fraction of sp³-hybridized carbons (Fsp3) is 0.143. The molecule has 1 aromatic carbocycles. The van der Waals surface area contributed by atoms with Gasteiger partial charge in [-0.1, -0.05) is 24.3 Å². The van der Waals surface area contributed by atoms with Crippen molar-refractivity contribution in [3.63, 3.8) is 0 Å². The molecule has 90 valence electrons. The molecule has 0 amide bonds. The molecule has 0 aliphatic heterocycles. The van der Waals surface area contributed by atoms with Gasteiger partial charge in [-0.05, 0) is 18.1 Å². The van der Waals surface area contributed by atoms with E-state index in [1.54, 1.807) is 16.9 Å². The Hall–Kier alpha value is -2.20. The van der Waals surface area contributed by atoms with Gasteiger partial charge < -0.3 is 5.73 Å². The highest BCUT2D eigenvalue weighted by molar-refractivity contribution is 5.56. The lowest BCUT2D eigenvalue weighted by Crippen LogP contribution is -2.13. The smallest absolute Gasteiger partial charge is 0.0896 e. The van der Waals surface area contributed by atoms with Crippen molar-refractivity contribution < 1.29 is 0 Å². The Bertz CT molecular complexity index is 687. The number of benzene rings is 1. The summed E-state index contributed by atoms with van der Waals surface area (Å²) in [6, 6.07) is 7.97. The molecule has 2 N–H and O–H groups in total. The summed E-state index contributed by atoms with van der Waals surface area (Å²) in [6.07, 6.45) is 7.14. The van der Waals surface area contributed by atoms with E-state index < -0.39 is 0 Å². The van der Waals surface area contributed by atoms with Crippen LogP contribution < -0.4 is 5.73 Å². The fourth-order valence-corrected chi connectivity index (χ4v) is 2.20. The van der Waals surface area contributed by atoms with Crippen molar-refractivity contribution in [2.75, 3.05) is 0 Å². The van der Waals surface area contributed by atoms with Crippen molar-refractivity contribution in [1.29, 1.82) is 0 Å². The van der Waals surface area contributed by atoms with Crippen LogP contribution in [0.1, 0.15) is 22.7 Å². The fourth-order valence-electron chi connectivity index (χ4n) is 2.20. The molecule has 0 radical (unpaired) electrons. The number of aromatic nitrogens is 3. The van der Waals surface area contributed by atoms with Gasteiger partial charge in [0.2, 0.25) is 0 Å². The monoisotopic (exact) mass is 238 g/mol. The molecular formula is C14H14N4. The van der Waals surface area contributed by atoms with Crippen molar-refractivity contribution in [1.82, 2.24) is 14.6 Å². The summed E-state index contributed by atoms with van der Waals surface area (Å²) in [7, 11) is 0. The van der Waals surface area contributed by atoms with Gasteiger partial charge in [0, 0.05) is 18.0 Å². The first kappa shape index (κ1) is 10.9. The Labute approximate surface area is 105 Å². The quantitative estimate of drug-likeness (QED) is 0.743. The lowest BCUT2D eigenvalue weighted by atomic mass is 9.97. The van der Waals surface area contributed by atoms with Crippen molar-refractivity contribution in [2.24, 2.45) is 5.73 Å².